The van der Waals surface area contributed by atoms with Gasteiger partial charge in [-0.15, -0.1) is 0 Å². The Kier molecular flexibility index (Phi) is 3.83. The van der Waals surface area contributed by atoms with Crippen molar-refractivity contribution in [3.05, 3.63) is 65.7 Å². The van der Waals surface area contributed by atoms with Crippen LogP contribution in [0.1, 0.15) is 36.8 Å². The zero-order valence-corrected chi connectivity index (χ0v) is 11.2. The Balaban J connectivity index is 1.62. The van der Waals surface area contributed by atoms with Crippen LogP contribution in [0.3, 0.4) is 0 Å². The number of rotatable bonds is 4. The van der Waals surface area contributed by atoms with Gasteiger partial charge in [0.1, 0.15) is 5.75 Å². The number of benzene rings is 2. The molecule has 0 unspecified atom stereocenters. The van der Waals surface area contributed by atoms with Gasteiger partial charge in [-0.3, -0.25) is 0 Å². The maximum atomic E-state index is 5.98. The summed E-state index contributed by atoms with van der Waals surface area (Å²) < 4.78 is 5.98. The first kappa shape index (κ1) is 12.3. The van der Waals surface area contributed by atoms with Crippen LogP contribution < -0.4 is 4.74 Å². The van der Waals surface area contributed by atoms with Crippen molar-refractivity contribution in [2.24, 2.45) is 0 Å². The second kappa shape index (κ2) is 5.92. The number of hydrogen-bond donors (Lipinski definition) is 0. The molecule has 2 aromatic rings. The van der Waals surface area contributed by atoms with E-state index in [4.69, 9.17) is 4.74 Å². The van der Waals surface area contributed by atoms with E-state index in [1.54, 1.807) is 0 Å². The summed E-state index contributed by atoms with van der Waals surface area (Å²) in [7, 11) is 0. The molecule has 0 radical (unpaired) electrons. The average molecular weight is 252 g/mol. The van der Waals surface area contributed by atoms with Gasteiger partial charge in [-0.25, -0.2) is 0 Å². The molecule has 0 heterocycles. The van der Waals surface area contributed by atoms with Crippen molar-refractivity contribution in [3.8, 4) is 5.75 Å². The highest BCUT2D eigenvalue weighted by Crippen LogP contribution is 2.24. The Labute approximate surface area is 115 Å². The summed E-state index contributed by atoms with van der Waals surface area (Å²) in [5, 5.41) is 0. The fourth-order valence-corrected chi connectivity index (χ4v) is 2.72. The molecule has 1 heteroatoms. The van der Waals surface area contributed by atoms with E-state index < -0.39 is 0 Å². The van der Waals surface area contributed by atoms with Crippen LogP contribution in [0.2, 0.25) is 0 Å². The monoisotopic (exact) mass is 252 g/mol. The molecule has 0 aromatic heterocycles. The minimum atomic E-state index is 0.444. The van der Waals surface area contributed by atoms with Gasteiger partial charge in [0.2, 0.25) is 0 Å². The van der Waals surface area contributed by atoms with Crippen molar-refractivity contribution < 1.29 is 4.74 Å². The minimum absolute atomic E-state index is 0.444. The Hall–Kier alpha value is -1.76. The second-order valence-electron chi connectivity index (χ2n) is 5.33. The van der Waals surface area contributed by atoms with E-state index in [2.05, 4.69) is 54.6 Å². The van der Waals surface area contributed by atoms with Crippen LogP contribution in [-0.2, 0) is 6.42 Å². The Morgan fingerprint density at radius 2 is 1.42 bits per heavy atom. The molecular weight excluding hydrogens is 232 g/mol. The Morgan fingerprint density at radius 3 is 2.11 bits per heavy atom. The number of ether oxygens (including phenoxy) is 1. The molecule has 0 amide bonds. The number of hydrogen-bond acceptors (Lipinski definition) is 1. The van der Waals surface area contributed by atoms with Crippen LogP contribution in [0.15, 0.2) is 54.6 Å². The molecule has 0 N–H and O–H groups in total. The van der Waals surface area contributed by atoms with E-state index in [-0.39, 0.29) is 0 Å². The van der Waals surface area contributed by atoms with E-state index in [1.165, 1.54) is 36.8 Å². The third-order valence-corrected chi connectivity index (χ3v) is 3.78. The third-order valence-electron chi connectivity index (χ3n) is 3.78. The van der Waals surface area contributed by atoms with Crippen molar-refractivity contribution in [1.29, 1.82) is 0 Å². The van der Waals surface area contributed by atoms with E-state index in [0.717, 1.165) is 12.2 Å². The van der Waals surface area contributed by atoms with E-state index in [9.17, 15) is 0 Å². The van der Waals surface area contributed by atoms with Crippen LogP contribution in [0.25, 0.3) is 0 Å². The smallest absolute Gasteiger partial charge is 0.119 e. The lowest BCUT2D eigenvalue weighted by Crippen LogP contribution is -2.10. The van der Waals surface area contributed by atoms with Crippen LogP contribution >= 0.6 is 0 Å². The Bertz CT molecular complexity index is 495. The molecule has 0 bridgehead atoms. The van der Waals surface area contributed by atoms with Gasteiger partial charge in [-0.1, -0.05) is 42.5 Å². The molecule has 0 saturated heterocycles. The summed E-state index contributed by atoms with van der Waals surface area (Å²) in [5.41, 5.74) is 2.69. The second-order valence-corrected chi connectivity index (χ2v) is 5.33. The quantitative estimate of drug-likeness (QED) is 0.772. The van der Waals surface area contributed by atoms with Gasteiger partial charge >= 0.3 is 0 Å². The predicted octanol–water partition coefficient (Wildman–Crippen LogP) is 4.60. The molecule has 98 valence electrons. The van der Waals surface area contributed by atoms with Crippen LogP contribution in [0.5, 0.6) is 5.75 Å². The minimum Gasteiger partial charge on any atom is -0.490 e. The van der Waals surface area contributed by atoms with E-state index >= 15 is 0 Å². The first-order valence-electron chi connectivity index (χ1n) is 7.20. The maximum Gasteiger partial charge on any atom is 0.119 e. The molecule has 1 saturated carbocycles. The van der Waals surface area contributed by atoms with Gasteiger partial charge in [0, 0.05) is 0 Å². The molecule has 0 aliphatic heterocycles. The van der Waals surface area contributed by atoms with E-state index in [1.807, 2.05) is 0 Å². The van der Waals surface area contributed by atoms with Crippen molar-refractivity contribution >= 4 is 0 Å². The highest BCUT2D eigenvalue weighted by molar-refractivity contribution is 5.31. The lowest BCUT2D eigenvalue weighted by Gasteiger charge is -2.13. The summed E-state index contributed by atoms with van der Waals surface area (Å²) in [6.07, 6.45) is 6.50. The largest absolute Gasteiger partial charge is 0.490 e. The molecular formula is C18H20O. The summed E-state index contributed by atoms with van der Waals surface area (Å²) >= 11 is 0. The molecule has 1 fully saturated rings. The van der Waals surface area contributed by atoms with Gasteiger partial charge in [-0.2, -0.15) is 0 Å². The summed E-state index contributed by atoms with van der Waals surface area (Å²) in [5.74, 6) is 1.02. The van der Waals surface area contributed by atoms with Crippen LogP contribution in [-0.4, -0.2) is 6.10 Å². The molecule has 0 spiro atoms. The predicted molar refractivity (Wildman–Crippen MR) is 78.6 cm³/mol. The molecule has 1 nitrogen and oxygen atoms in total. The van der Waals surface area contributed by atoms with Crippen molar-refractivity contribution in [2.45, 2.75) is 38.2 Å². The van der Waals surface area contributed by atoms with Crippen molar-refractivity contribution in [2.75, 3.05) is 0 Å². The lowest BCUT2D eigenvalue weighted by atomic mass is 10.1. The fourth-order valence-electron chi connectivity index (χ4n) is 2.72. The highest BCUT2D eigenvalue weighted by Gasteiger charge is 2.16. The van der Waals surface area contributed by atoms with Gasteiger partial charge in [0.15, 0.2) is 0 Å². The van der Waals surface area contributed by atoms with E-state index in [0.29, 0.717) is 6.10 Å². The summed E-state index contributed by atoms with van der Waals surface area (Å²) in [6, 6.07) is 19.1. The van der Waals surface area contributed by atoms with Gasteiger partial charge in [0.25, 0.3) is 0 Å². The van der Waals surface area contributed by atoms with Gasteiger partial charge < -0.3 is 4.74 Å². The fraction of sp³-hybridized carbons (Fsp3) is 0.333. The molecule has 0 atom stereocenters. The third kappa shape index (κ3) is 3.37. The maximum absolute atomic E-state index is 5.98. The summed E-state index contributed by atoms with van der Waals surface area (Å²) in [6.45, 7) is 0. The standard InChI is InChI=1S/C18H20O/c1-2-6-15(7-3-1)14-16-10-12-18(13-11-16)19-17-8-4-5-9-17/h1-3,6-7,10-13,17H,4-5,8-9,14H2. The van der Waals surface area contributed by atoms with Crippen molar-refractivity contribution in [1.82, 2.24) is 0 Å². The normalized spacial score (nSPS) is 15.6. The molecule has 2 aromatic carbocycles. The molecule has 3 rings (SSSR count). The molecule has 1 aliphatic rings. The lowest BCUT2D eigenvalue weighted by molar-refractivity contribution is 0.210. The highest BCUT2D eigenvalue weighted by atomic mass is 16.5. The van der Waals surface area contributed by atoms with Gasteiger partial charge in [0.05, 0.1) is 6.10 Å². The van der Waals surface area contributed by atoms with Gasteiger partial charge in [-0.05, 0) is 55.4 Å². The average Bonchev–Trinajstić information content (AvgIpc) is 2.95. The topological polar surface area (TPSA) is 9.23 Å². The molecule has 1 aliphatic carbocycles. The first-order chi connectivity index (χ1) is 9.40. The zero-order valence-electron chi connectivity index (χ0n) is 11.2. The van der Waals surface area contributed by atoms with Crippen molar-refractivity contribution in [3.63, 3.8) is 0 Å². The zero-order chi connectivity index (χ0) is 12.9. The SMILES string of the molecule is c1ccc(Cc2ccc(OC3CCCC3)cc2)cc1. The van der Waals surface area contributed by atoms with Crippen LogP contribution in [0, 0.1) is 0 Å². The Morgan fingerprint density at radius 1 is 0.789 bits per heavy atom. The summed E-state index contributed by atoms with van der Waals surface area (Å²) in [4.78, 5) is 0. The first-order valence-corrected chi connectivity index (χ1v) is 7.20. The van der Waals surface area contributed by atoms with Crippen LogP contribution in [0.4, 0.5) is 0 Å². The molecule has 19 heavy (non-hydrogen) atoms.